The summed E-state index contributed by atoms with van der Waals surface area (Å²) < 4.78 is 4.43. The van der Waals surface area contributed by atoms with Gasteiger partial charge in [-0.15, -0.1) is 6.42 Å². The molecule has 0 saturated heterocycles. The number of halogens is 1. The van der Waals surface area contributed by atoms with E-state index in [0.29, 0.717) is 16.4 Å². The number of carbonyl (C=O) groups excluding carboxylic acids is 1. The monoisotopic (exact) mass is 358 g/mol. The number of aromatic nitrogens is 3. The summed E-state index contributed by atoms with van der Waals surface area (Å²) in [5, 5.41) is 4.92. The third kappa shape index (κ3) is 3.28. The lowest BCUT2D eigenvalue weighted by Crippen LogP contribution is -2.19. The number of terminal acetylenes is 1. The molecule has 1 amide bonds. The molecule has 0 bridgehead atoms. The zero-order chi connectivity index (χ0) is 17.3. The fourth-order valence-corrected chi connectivity index (χ4v) is 3.80. The molecule has 0 spiro atoms. The Balaban J connectivity index is 2.02. The summed E-state index contributed by atoms with van der Waals surface area (Å²) in [5.74, 6) is 2.33. The van der Waals surface area contributed by atoms with Crippen molar-refractivity contribution in [1.82, 2.24) is 14.3 Å². The molecule has 0 unspecified atom stereocenters. The van der Waals surface area contributed by atoms with Gasteiger partial charge in [0.25, 0.3) is 5.91 Å². The van der Waals surface area contributed by atoms with Crippen molar-refractivity contribution in [3.8, 4) is 12.3 Å². The number of hydrogen-bond donors (Lipinski definition) is 0. The first-order chi connectivity index (χ1) is 11.5. The number of carbonyl (C=O) groups is 1. The standard InChI is InChI=1S/C17H15ClN4OS/c1-4-7-21-14-6-5-13(18)9-15(14)24-17(21)19-16(23)10-22-12(3)8-11(2)20-22/h1,5-6,8-9H,7,10H2,2-3H3. The maximum atomic E-state index is 12.3. The summed E-state index contributed by atoms with van der Waals surface area (Å²) in [6.45, 7) is 4.24. The molecule has 0 aliphatic carbocycles. The van der Waals surface area contributed by atoms with Crippen LogP contribution in [0.1, 0.15) is 11.4 Å². The largest absolute Gasteiger partial charge is 0.305 e. The van der Waals surface area contributed by atoms with E-state index in [9.17, 15) is 4.79 Å². The first kappa shape index (κ1) is 16.5. The Hall–Kier alpha value is -2.36. The number of thiazole rings is 1. The lowest BCUT2D eigenvalue weighted by atomic mass is 10.3. The number of hydrogen-bond acceptors (Lipinski definition) is 3. The Kier molecular flexibility index (Phi) is 4.56. The van der Waals surface area contributed by atoms with Crippen molar-refractivity contribution in [2.24, 2.45) is 4.99 Å². The lowest BCUT2D eigenvalue weighted by Gasteiger charge is -2.01. The second-order valence-corrected chi connectivity index (χ2v) is 6.82. The highest BCUT2D eigenvalue weighted by atomic mass is 35.5. The fourth-order valence-electron chi connectivity index (χ4n) is 2.48. The van der Waals surface area contributed by atoms with E-state index in [0.717, 1.165) is 21.6 Å². The molecular formula is C17H15ClN4OS. The van der Waals surface area contributed by atoms with Crippen LogP contribution >= 0.6 is 22.9 Å². The molecule has 24 heavy (non-hydrogen) atoms. The summed E-state index contributed by atoms with van der Waals surface area (Å²) in [7, 11) is 0. The molecular weight excluding hydrogens is 344 g/mol. The molecule has 0 atom stereocenters. The molecule has 0 saturated carbocycles. The molecule has 5 nitrogen and oxygen atoms in total. The van der Waals surface area contributed by atoms with Gasteiger partial charge in [0.1, 0.15) is 6.54 Å². The first-order valence-corrected chi connectivity index (χ1v) is 8.48. The Bertz CT molecular complexity index is 1040. The van der Waals surface area contributed by atoms with E-state index in [1.54, 1.807) is 10.7 Å². The maximum absolute atomic E-state index is 12.3. The number of fused-ring (bicyclic) bond motifs is 1. The number of rotatable bonds is 3. The summed E-state index contributed by atoms with van der Waals surface area (Å²) in [6.07, 6.45) is 5.45. The normalized spacial score (nSPS) is 11.8. The molecule has 0 radical (unpaired) electrons. The minimum Gasteiger partial charge on any atom is -0.305 e. The van der Waals surface area contributed by atoms with Crippen LogP contribution in [0.2, 0.25) is 5.02 Å². The van der Waals surface area contributed by atoms with Gasteiger partial charge in [0.2, 0.25) is 0 Å². The average molecular weight is 359 g/mol. The van der Waals surface area contributed by atoms with Gasteiger partial charge in [-0.25, -0.2) is 0 Å². The van der Waals surface area contributed by atoms with Crippen LogP contribution in [0.15, 0.2) is 29.3 Å². The van der Waals surface area contributed by atoms with Crippen LogP contribution in [0, 0.1) is 26.2 Å². The van der Waals surface area contributed by atoms with Crippen molar-refractivity contribution < 1.29 is 4.79 Å². The zero-order valence-electron chi connectivity index (χ0n) is 13.3. The van der Waals surface area contributed by atoms with Crippen LogP contribution in [-0.4, -0.2) is 20.3 Å². The minimum atomic E-state index is -0.273. The van der Waals surface area contributed by atoms with Crippen molar-refractivity contribution in [1.29, 1.82) is 0 Å². The van der Waals surface area contributed by atoms with Gasteiger partial charge in [0.05, 0.1) is 22.5 Å². The Morgan fingerprint density at radius 1 is 1.42 bits per heavy atom. The molecule has 2 heterocycles. The van der Waals surface area contributed by atoms with E-state index in [-0.39, 0.29) is 12.5 Å². The van der Waals surface area contributed by atoms with Crippen molar-refractivity contribution in [2.45, 2.75) is 26.9 Å². The SMILES string of the molecule is C#CCn1c(=NC(=O)Cn2nc(C)cc2C)sc2cc(Cl)ccc21. The van der Waals surface area contributed by atoms with Crippen LogP contribution in [0.25, 0.3) is 10.2 Å². The summed E-state index contributed by atoms with van der Waals surface area (Å²) in [5.41, 5.74) is 2.72. The van der Waals surface area contributed by atoms with Gasteiger partial charge >= 0.3 is 0 Å². The topological polar surface area (TPSA) is 52.2 Å². The lowest BCUT2D eigenvalue weighted by molar-refractivity contribution is -0.118. The number of aryl methyl sites for hydroxylation is 2. The van der Waals surface area contributed by atoms with E-state index in [1.165, 1.54) is 11.3 Å². The van der Waals surface area contributed by atoms with Crippen LogP contribution in [-0.2, 0) is 17.9 Å². The second-order valence-electron chi connectivity index (χ2n) is 5.38. The van der Waals surface area contributed by atoms with Gasteiger partial charge < -0.3 is 4.57 Å². The van der Waals surface area contributed by atoms with Gasteiger partial charge in [-0.3, -0.25) is 9.48 Å². The van der Waals surface area contributed by atoms with Crippen LogP contribution in [0.5, 0.6) is 0 Å². The molecule has 122 valence electrons. The average Bonchev–Trinajstić information content (AvgIpc) is 2.99. The van der Waals surface area contributed by atoms with Crippen molar-refractivity contribution in [3.05, 3.63) is 45.5 Å². The Labute approximate surface area is 148 Å². The van der Waals surface area contributed by atoms with E-state index in [2.05, 4.69) is 16.0 Å². The maximum Gasteiger partial charge on any atom is 0.270 e. The van der Waals surface area contributed by atoms with Crippen molar-refractivity contribution in [3.63, 3.8) is 0 Å². The van der Waals surface area contributed by atoms with E-state index in [4.69, 9.17) is 18.0 Å². The highest BCUT2D eigenvalue weighted by Gasteiger charge is 2.10. The highest BCUT2D eigenvalue weighted by Crippen LogP contribution is 2.21. The van der Waals surface area contributed by atoms with Gasteiger partial charge in [-0.1, -0.05) is 28.9 Å². The molecule has 3 rings (SSSR count). The summed E-state index contributed by atoms with van der Waals surface area (Å²) in [4.78, 5) is 17.1. The molecule has 0 fully saturated rings. The molecule has 0 aliphatic rings. The van der Waals surface area contributed by atoms with E-state index >= 15 is 0 Å². The number of benzene rings is 1. The van der Waals surface area contributed by atoms with Gasteiger partial charge in [-0.05, 0) is 38.1 Å². The Morgan fingerprint density at radius 2 is 2.21 bits per heavy atom. The third-order valence-electron chi connectivity index (χ3n) is 3.50. The quantitative estimate of drug-likeness (QED) is 0.676. The molecule has 1 aromatic carbocycles. The fraction of sp³-hybridized carbons (Fsp3) is 0.235. The molecule has 2 aromatic heterocycles. The van der Waals surface area contributed by atoms with Crippen LogP contribution in [0.3, 0.4) is 0 Å². The minimum absolute atomic E-state index is 0.102. The van der Waals surface area contributed by atoms with E-state index in [1.807, 2.05) is 36.6 Å². The van der Waals surface area contributed by atoms with Gasteiger partial charge in [0.15, 0.2) is 4.80 Å². The zero-order valence-corrected chi connectivity index (χ0v) is 14.9. The number of nitrogens with zero attached hydrogens (tertiary/aromatic N) is 4. The predicted octanol–water partition coefficient (Wildman–Crippen LogP) is 2.93. The number of amides is 1. The van der Waals surface area contributed by atoms with Crippen LogP contribution < -0.4 is 4.80 Å². The first-order valence-electron chi connectivity index (χ1n) is 7.29. The highest BCUT2D eigenvalue weighted by molar-refractivity contribution is 7.16. The van der Waals surface area contributed by atoms with Gasteiger partial charge in [0, 0.05) is 10.7 Å². The predicted molar refractivity (Wildman–Crippen MR) is 95.9 cm³/mol. The Morgan fingerprint density at radius 3 is 2.88 bits per heavy atom. The molecule has 3 aromatic rings. The van der Waals surface area contributed by atoms with Crippen molar-refractivity contribution >= 4 is 39.1 Å². The van der Waals surface area contributed by atoms with Crippen LogP contribution in [0.4, 0.5) is 0 Å². The smallest absolute Gasteiger partial charge is 0.270 e. The molecule has 7 heteroatoms. The third-order valence-corrected chi connectivity index (χ3v) is 4.78. The van der Waals surface area contributed by atoms with E-state index < -0.39 is 0 Å². The summed E-state index contributed by atoms with van der Waals surface area (Å²) in [6, 6.07) is 7.45. The second kappa shape index (κ2) is 6.63. The van der Waals surface area contributed by atoms with Crippen molar-refractivity contribution in [2.75, 3.05) is 0 Å². The summed E-state index contributed by atoms with van der Waals surface area (Å²) >= 11 is 7.43. The van der Waals surface area contributed by atoms with Gasteiger partial charge in [-0.2, -0.15) is 10.1 Å². The molecule has 0 aliphatic heterocycles. The molecule has 0 N–H and O–H groups in total.